The first-order chi connectivity index (χ1) is 17.2. The van der Waals surface area contributed by atoms with Crippen LogP contribution in [0.25, 0.3) is 0 Å². The van der Waals surface area contributed by atoms with E-state index in [4.69, 9.17) is 74.3 Å². The number of rotatable bonds is 9. The molecule has 1 aliphatic heterocycles. The van der Waals surface area contributed by atoms with Gasteiger partial charge < -0.3 is 14.5 Å². The van der Waals surface area contributed by atoms with E-state index in [0.717, 1.165) is 11.1 Å². The van der Waals surface area contributed by atoms with Crippen molar-refractivity contribution in [2.24, 2.45) is 0 Å². The predicted octanol–water partition coefficient (Wildman–Crippen LogP) is 8.71. The van der Waals surface area contributed by atoms with Crippen LogP contribution in [0.15, 0.2) is 73.1 Å². The fraction of sp³-hybridized carbons (Fsp3) is 0.192. The van der Waals surface area contributed by atoms with Crippen LogP contribution in [0, 0.1) is 0 Å². The Hall–Kier alpha value is -1.63. The maximum Gasteiger partial charge on any atom is 0.183 e. The molecule has 188 valence electrons. The van der Waals surface area contributed by atoms with Gasteiger partial charge in [-0.25, -0.2) is 0 Å². The largest absolute Gasteiger partial charge is 0.365 e. The molecular weight excluding hydrogens is 585 g/mol. The van der Waals surface area contributed by atoms with Gasteiger partial charge in [0.1, 0.15) is 11.6 Å². The Balaban J connectivity index is 1.46. The molecule has 2 atom stereocenters. The van der Waals surface area contributed by atoms with E-state index in [-0.39, 0.29) is 18.9 Å². The summed E-state index contributed by atoms with van der Waals surface area (Å²) in [5, 5.41) is 2.46. The van der Waals surface area contributed by atoms with Gasteiger partial charge in [0.05, 0.1) is 24.8 Å². The van der Waals surface area contributed by atoms with Gasteiger partial charge in [-0.3, -0.25) is 4.79 Å². The molecule has 0 N–H and O–H groups in total. The number of carbonyl (C=O) groups is 1. The van der Waals surface area contributed by atoms with Gasteiger partial charge in [-0.2, -0.15) is 0 Å². The number of alkyl halides is 1. The zero-order chi connectivity index (χ0) is 25.8. The number of ketones is 1. The second-order valence-electron chi connectivity index (χ2n) is 8.14. The van der Waals surface area contributed by atoms with Gasteiger partial charge in [-0.1, -0.05) is 87.8 Å². The van der Waals surface area contributed by atoms with Crippen molar-refractivity contribution in [2.45, 2.75) is 18.2 Å². The zero-order valence-corrected chi connectivity index (χ0v) is 23.2. The molecule has 0 fully saturated rings. The molecule has 0 radical (unpaired) electrons. The van der Waals surface area contributed by atoms with Crippen LogP contribution in [-0.2, 0) is 11.3 Å². The van der Waals surface area contributed by atoms with Crippen molar-refractivity contribution in [3.63, 3.8) is 0 Å². The molecule has 1 heterocycles. The molecular formula is C26H20Cl6N2O2. The van der Waals surface area contributed by atoms with E-state index in [2.05, 4.69) is 0 Å². The van der Waals surface area contributed by atoms with Crippen molar-refractivity contribution in [1.29, 1.82) is 0 Å². The minimum atomic E-state index is -0.590. The number of benzene rings is 3. The molecule has 4 nitrogen and oxygen atoms in total. The first kappa shape index (κ1) is 27.4. The predicted molar refractivity (Wildman–Crippen MR) is 148 cm³/mol. The number of nitrogens with zero attached hydrogens (tertiary/aromatic N) is 2. The second kappa shape index (κ2) is 12.3. The van der Waals surface area contributed by atoms with Crippen molar-refractivity contribution in [3.8, 4) is 0 Å². The molecule has 0 saturated carbocycles. The average molecular weight is 605 g/mol. The van der Waals surface area contributed by atoms with Crippen LogP contribution in [0.3, 0.4) is 0 Å². The smallest absolute Gasteiger partial charge is 0.183 e. The van der Waals surface area contributed by atoms with Crippen LogP contribution < -0.4 is 0 Å². The van der Waals surface area contributed by atoms with Gasteiger partial charge in [-0.15, -0.1) is 0 Å². The number of ether oxygens (including phenoxy) is 1. The van der Waals surface area contributed by atoms with Gasteiger partial charge in [0.25, 0.3) is 0 Å². The highest BCUT2D eigenvalue weighted by molar-refractivity contribution is 6.37. The summed E-state index contributed by atoms with van der Waals surface area (Å²) in [6, 6.07) is 17.4. The number of hydrogen-bond donors (Lipinski definition) is 0. The number of hydrogen-bond acceptors (Lipinski definition) is 4. The Labute approximate surface area is 239 Å². The van der Waals surface area contributed by atoms with Gasteiger partial charge in [0, 0.05) is 38.1 Å². The Morgan fingerprint density at radius 1 is 0.833 bits per heavy atom. The minimum Gasteiger partial charge on any atom is -0.365 e. The van der Waals surface area contributed by atoms with E-state index in [1.807, 2.05) is 40.4 Å². The highest BCUT2D eigenvalue weighted by atomic mass is 35.5. The fourth-order valence-electron chi connectivity index (χ4n) is 3.71. The third-order valence-electron chi connectivity index (χ3n) is 5.59. The van der Waals surface area contributed by atoms with E-state index in [1.165, 1.54) is 0 Å². The standard InChI is InChI=1S/C26H20Cl6N2O2/c27-18-4-1-16(2-5-18)25(36-14-17-3-6-19(28)11-22(17)30)26(32)34-10-9-33(15-34)13-24(35)21-8-7-20(29)12-23(21)31/h1-12,25-26H,13-15H2. The normalized spacial score (nSPS) is 14.8. The van der Waals surface area contributed by atoms with E-state index >= 15 is 0 Å². The molecule has 0 saturated heterocycles. The van der Waals surface area contributed by atoms with Crippen molar-refractivity contribution in [2.75, 3.05) is 13.2 Å². The molecule has 36 heavy (non-hydrogen) atoms. The molecule has 10 heteroatoms. The van der Waals surface area contributed by atoms with Crippen LogP contribution in [0.4, 0.5) is 0 Å². The van der Waals surface area contributed by atoms with Crippen molar-refractivity contribution >= 4 is 75.4 Å². The summed E-state index contributed by atoms with van der Waals surface area (Å²) >= 11 is 37.5. The Morgan fingerprint density at radius 3 is 2.14 bits per heavy atom. The summed E-state index contributed by atoms with van der Waals surface area (Å²) < 4.78 is 6.27. The SMILES string of the molecule is O=C(CN1C=CN(C(Cl)C(OCc2ccc(Cl)cc2Cl)c2ccc(Cl)cc2)C1)c1ccc(Cl)cc1Cl. The third-order valence-corrected chi connectivity index (χ3v) is 7.46. The summed E-state index contributed by atoms with van der Waals surface area (Å²) in [6.07, 6.45) is 3.11. The molecule has 1 aliphatic rings. The lowest BCUT2D eigenvalue weighted by molar-refractivity contribution is 0.00699. The monoisotopic (exact) mass is 602 g/mol. The molecule has 0 spiro atoms. The van der Waals surface area contributed by atoms with Gasteiger partial charge >= 0.3 is 0 Å². The van der Waals surface area contributed by atoms with Gasteiger partial charge in [-0.05, 0) is 53.6 Å². The van der Waals surface area contributed by atoms with E-state index in [1.54, 1.807) is 42.5 Å². The molecule has 0 bridgehead atoms. The Kier molecular flexibility index (Phi) is 9.35. The third kappa shape index (κ3) is 6.81. The summed E-state index contributed by atoms with van der Waals surface area (Å²) in [7, 11) is 0. The molecule has 3 aromatic carbocycles. The zero-order valence-electron chi connectivity index (χ0n) is 18.7. The van der Waals surface area contributed by atoms with Crippen LogP contribution in [0.5, 0.6) is 0 Å². The molecule has 3 aromatic rings. The quantitative estimate of drug-likeness (QED) is 0.139. The fourth-order valence-corrected chi connectivity index (χ4v) is 5.16. The summed E-state index contributed by atoms with van der Waals surface area (Å²) in [6.45, 7) is 0.742. The van der Waals surface area contributed by atoms with Crippen LogP contribution in [-0.4, -0.2) is 34.3 Å². The average Bonchev–Trinajstić information content (AvgIpc) is 3.29. The molecule has 4 rings (SSSR count). The number of Topliss-reactive ketones (excluding diaryl/α,β-unsaturated/α-hetero) is 1. The van der Waals surface area contributed by atoms with Crippen LogP contribution in [0.2, 0.25) is 25.1 Å². The maximum absolute atomic E-state index is 12.8. The highest BCUT2D eigenvalue weighted by Crippen LogP contribution is 2.33. The van der Waals surface area contributed by atoms with Crippen molar-refractivity contribution < 1.29 is 9.53 Å². The highest BCUT2D eigenvalue weighted by Gasteiger charge is 2.30. The first-order valence-electron chi connectivity index (χ1n) is 10.8. The van der Waals surface area contributed by atoms with Crippen LogP contribution >= 0.6 is 69.6 Å². The number of halogens is 6. The topological polar surface area (TPSA) is 32.8 Å². The first-order valence-corrected chi connectivity index (χ1v) is 13.2. The van der Waals surface area contributed by atoms with Crippen LogP contribution in [0.1, 0.15) is 27.6 Å². The molecule has 0 amide bonds. The summed E-state index contributed by atoms with van der Waals surface area (Å²) in [5.41, 5.74) is 1.46. The van der Waals surface area contributed by atoms with E-state index < -0.39 is 11.6 Å². The van der Waals surface area contributed by atoms with Gasteiger partial charge in [0.15, 0.2) is 5.78 Å². The maximum atomic E-state index is 12.8. The Morgan fingerprint density at radius 2 is 1.47 bits per heavy atom. The van der Waals surface area contributed by atoms with Crippen molar-refractivity contribution in [1.82, 2.24) is 9.80 Å². The van der Waals surface area contributed by atoms with E-state index in [9.17, 15) is 4.79 Å². The lowest BCUT2D eigenvalue weighted by atomic mass is 10.1. The second-order valence-corrected chi connectivity index (χ2v) is 10.7. The summed E-state index contributed by atoms with van der Waals surface area (Å²) in [5.74, 6) is -0.128. The van der Waals surface area contributed by atoms with E-state index in [0.29, 0.717) is 37.3 Å². The number of carbonyl (C=O) groups excluding carboxylic acids is 1. The lowest BCUT2D eigenvalue weighted by Crippen LogP contribution is -2.37. The molecule has 2 unspecified atom stereocenters. The molecule has 0 aromatic heterocycles. The Bertz CT molecular complexity index is 1270. The lowest BCUT2D eigenvalue weighted by Gasteiger charge is -2.31. The van der Waals surface area contributed by atoms with Crippen molar-refractivity contribution in [3.05, 3.63) is 115 Å². The van der Waals surface area contributed by atoms with Gasteiger partial charge in [0.2, 0.25) is 0 Å². The molecule has 0 aliphatic carbocycles. The summed E-state index contributed by atoms with van der Waals surface area (Å²) in [4.78, 5) is 16.5. The minimum absolute atomic E-state index is 0.128.